The van der Waals surface area contributed by atoms with Gasteiger partial charge in [0.25, 0.3) is 0 Å². The summed E-state index contributed by atoms with van der Waals surface area (Å²) < 4.78 is 4.71. The van der Waals surface area contributed by atoms with E-state index in [1.807, 2.05) is 24.3 Å². The molecule has 0 spiro atoms. The summed E-state index contributed by atoms with van der Waals surface area (Å²) in [6.07, 6.45) is -0.255. The maximum atomic E-state index is 11.6. The molecule has 0 aliphatic heterocycles. The molecule has 0 heterocycles. The minimum absolute atomic E-state index is 0.0769. The van der Waals surface area contributed by atoms with E-state index in [0.29, 0.717) is 5.69 Å². The van der Waals surface area contributed by atoms with Crippen molar-refractivity contribution in [2.24, 2.45) is 0 Å². The number of esters is 1. The van der Waals surface area contributed by atoms with Gasteiger partial charge in [-0.1, -0.05) is 32.9 Å². The van der Waals surface area contributed by atoms with Crippen LogP contribution in [0.1, 0.15) is 39.7 Å². The van der Waals surface area contributed by atoms with Crippen LogP contribution in [0.15, 0.2) is 24.3 Å². The van der Waals surface area contributed by atoms with Gasteiger partial charge in [0.15, 0.2) is 0 Å². The van der Waals surface area contributed by atoms with Gasteiger partial charge in [-0.3, -0.25) is 9.59 Å². The van der Waals surface area contributed by atoms with Crippen molar-refractivity contribution < 1.29 is 14.3 Å². The van der Waals surface area contributed by atoms with Crippen molar-refractivity contribution in [3.63, 3.8) is 0 Å². The fourth-order valence-electron chi connectivity index (χ4n) is 1.60. The number of carbonyl (C=O) groups is 2. The number of carbonyl (C=O) groups excluding carboxylic acids is 2. The lowest BCUT2D eigenvalue weighted by Gasteiger charge is -2.19. The largest absolute Gasteiger partial charge is 0.466 e. The van der Waals surface area contributed by atoms with Crippen LogP contribution in [0.25, 0.3) is 0 Å². The van der Waals surface area contributed by atoms with Gasteiger partial charge in [0.1, 0.15) is 6.42 Å². The van der Waals surface area contributed by atoms with Crippen LogP contribution in [0.2, 0.25) is 0 Å². The highest BCUT2D eigenvalue weighted by Gasteiger charge is 2.14. The monoisotopic (exact) mass is 263 g/mol. The molecule has 4 nitrogen and oxygen atoms in total. The molecular weight excluding hydrogens is 242 g/mol. The Balaban J connectivity index is 2.58. The number of amides is 1. The Kier molecular flexibility index (Phi) is 5.10. The molecule has 1 N–H and O–H groups in total. The van der Waals surface area contributed by atoms with E-state index in [2.05, 4.69) is 26.1 Å². The highest BCUT2D eigenvalue weighted by molar-refractivity contribution is 6.01. The van der Waals surface area contributed by atoms with Crippen molar-refractivity contribution in [2.45, 2.75) is 39.5 Å². The average molecular weight is 263 g/mol. The molecule has 1 aromatic rings. The molecule has 0 aliphatic carbocycles. The quantitative estimate of drug-likeness (QED) is 0.671. The Morgan fingerprint density at radius 2 is 1.74 bits per heavy atom. The van der Waals surface area contributed by atoms with E-state index in [1.54, 1.807) is 6.92 Å². The number of nitrogens with one attached hydrogen (secondary N) is 1. The minimum Gasteiger partial charge on any atom is -0.466 e. The van der Waals surface area contributed by atoms with E-state index in [0.717, 1.165) is 0 Å². The Labute approximate surface area is 114 Å². The molecule has 0 radical (unpaired) electrons. The lowest BCUT2D eigenvalue weighted by molar-refractivity contribution is -0.145. The SMILES string of the molecule is CCOC(=O)CC(=O)Nc1ccc(C(C)(C)C)cc1. The van der Waals surface area contributed by atoms with Gasteiger partial charge in [0, 0.05) is 5.69 Å². The topological polar surface area (TPSA) is 55.4 Å². The third-order valence-electron chi connectivity index (χ3n) is 2.64. The summed E-state index contributed by atoms with van der Waals surface area (Å²) in [6.45, 7) is 8.37. The molecular formula is C15H21NO3. The molecule has 1 rings (SSSR count). The number of anilines is 1. The van der Waals surface area contributed by atoms with Crippen LogP contribution in [0, 0.1) is 0 Å². The van der Waals surface area contributed by atoms with Crippen LogP contribution >= 0.6 is 0 Å². The number of rotatable bonds is 4. The lowest BCUT2D eigenvalue weighted by Crippen LogP contribution is -2.18. The molecule has 0 bridgehead atoms. The Hall–Kier alpha value is -1.84. The smallest absolute Gasteiger partial charge is 0.315 e. The lowest BCUT2D eigenvalue weighted by atomic mass is 9.87. The van der Waals surface area contributed by atoms with E-state index >= 15 is 0 Å². The van der Waals surface area contributed by atoms with E-state index in [1.165, 1.54) is 5.56 Å². The minimum atomic E-state index is -0.508. The summed E-state index contributed by atoms with van der Waals surface area (Å²) >= 11 is 0. The first-order valence-corrected chi connectivity index (χ1v) is 6.39. The second-order valence-corrected chi connectivity index (χ2v) is 5.36. The fourth-order valence-corrected chi connectivity index (χ4v) is 1.60. The van der Waals surface area contributed by atoms with Crippen molar-refractivity contribution in [3.8, 4) is 0 Å². The molecule has 4 heteroatoms. The summed E-state index contributed by atoms with van der Waals surface area (Å²) in [5, 5.41) is 2.67. The molecule has 19 heavy (non-hydrogen) atoms. The predicted molar refractivity (Wildman–Crippen MR) is 75.0 cm³/mol. The molecule has 0 saturated heterocycles. The van der Waals surface area contributed by atoms with E-state index < -0.39 is 5.97 Å². The first-order valence-electron chi connectivity index (χ1n) is 6.39. The summed E-state index contributed by atoms with van der Waals surface area (Å²) in [5.41, 5.74) is 1.95. The zero-order valence-electron chi connectivity index (χ0n) is 11.9. The molecule has 0 saturated carbocycles. The van der Waals surface area contributed by atoms with Gasteiger partial charge in [0.05, 0.1) is 6.61 Å². The van der Waals surface area contributed by atoms with Crippen LogP contribution < -0.4 is 5.32 Å². The second kappa shape index (κ2) is 6.36. The van der Waals surface area contributed by atoms with Gasteiger partial charge < -0.3 is 10.1 Å². The Morgan fingerprint density at radius 3 is 2.21 bits per heavy atom. The first-order chi connectivity index (χ1) is 8.82. The van der Waals surface area contributed by atoms with Crippen molar-refractivity contribution in [2.75, 3.05) is 11.9 Å². The molecule has 0 aromatic heterocycles. The Morgan fingerprint density at radius 1 is 1.16 bits per heavy atom. The van der Waals surface area contributed by atoms with Crippen molar-refractivity contribution in [3.05, 3.63) is 29.8 Å². The number of hydrogen-bond donors (Lipinski definition) is 1. The van der Waals surface area contributed by atoms with Crippen LogP contribution in [0.3, 0.4) is 0 Å². The van der Waals surface area contributed by atoms with Crippen LogP contribution in [-0.4, -0.2) is 18.5 Å². The molecule has 0 atom stereocenters. The summed E-state index contributed by atoms with van der Waals surface area (Å²) in [4.78, 5) is 22.7. The zero-order valence-corrected chi connectivity index (χ0v) is 11.9. The maximum absolute atomic E-state index is 11.6. The van der Waals surface area contributed by atoms with Crippen LogP contribution in [0.4, 0.5) is 5.69 Å². The summed E-state index contributed by atoms with van der Waals surface area (Å²) in [6, 6.07) is 7.62. The first kappa shape index (κ1) is 15.2. The Bertz CT molecular complexity index is 443. The summed E-state index contributed by atoms with van der Waals surface area (Å²) in [5.74, 6) is -0.867. The van der Waals surface area contributed by atoms with Gasteiger partial charge in [-0.25, -0.2) is 0 Å². The van der Waals surface area contributed by atoms with Gasteiger partial charge in [-0.15, -0.1) is 0 Å². The van der Waals surface area contributed by atoms with Gasteiger partial charge >= 0.3 is 5.97 Å². The fraction of sp³-hybridized carbons (Fsp3) is 0.467. The normalized spacial score (nSPS) is 10.9. The molecule has 0 fully saturated rings. The second-order valence-electron chi connectivity index (χ2n) is 5.36. The average Bonchev–Trinajstić information content (AvgIpc) is 2.28. The van der Waals surface area contributed by atoms with Crippen LogP contribution in [-0.2, 0) is 19.7 Å². The molecule has 104 valence electrons. The van der Waals surface area contributed by atoms with Crippen molar-refractivity contribution >= 4 is 17.6 Å². The van der Waals surface area contributed by atoms with E-state index in [-0.39, 0.29) is 24.3 Å². The standard InChI is InChI=1S/C15H21NO3/c1-5-19-14(18)10-13(17)16-12-8-6-11(7-9-12)15(2,3)4/h6-9H,5,10H2,1-4H3,(H,16,17). The zero-order chi connectivity index (χ0) is 14.5. The molecule has 1 aromatic carbocycles. The van der Waals surface area contributed by atoms with Crippen LogP contribution in [0.5, 0.6) is 0 Å². The highest BCUT2D eigenvalue weighted by atomic mass is 16.5. The third-order valence-corrected chi connectivity index (χ3v) is 2.64. The highest BCUT2D eigenvalue weighted by Crippen LogP contribution is 2.23. The van der Waals surface area contributed by atoms with E-state index in [4.69, 9.17) is 4.74 Å². The van der Waals surface area contributed by atoms with Gasteiger partial charge in [-0.05, 0) is 30.0 Å². The molecule has 0 unspecified atom stereocenters. The third kappa shape index (κ3) is 5.12. The number of hydrogen-bond acceptors (Lipinski definition) is 3. The van der Waals surface area contributed by atoms with E-state index in [9.17, 15) is 9.59 Å². The van der Waals surface area contributed by atoms with Gasteiger partial charge in [-0.2, -0.15) is 0 Å². The summed E-state index contributed by atoms with van der Waals surface area (Å²) in [7, 11) is 0. The number of ether oxygens (including phenoxy) is 1. The van der Waals surface area contributed by atoms with Gasteiger partial charge in [0.2, 0.25) is 5.91 Å². The van der Waals surface area contributed by atoms with Crippen molar-refractivity contribution in [1.82, 2.24) is 0 Å². The molecule has 1 amide bonds. The maximum Gasteiger partial charge on any atom is 0.315 e. The predicted octanol–water partition coefficient (Wildman–Crippen LogP) is 2.88. The molecule has 0 aliphatic rings. The number of benzene rings is 1. The van der Waals surface area contributed by atoms with Crippen molar-refractivity contribution in [1.29, 1.82) is 0 Å².